The summed E-state index contributed by atoms with van der Waals surface area (Å²) in [5, 5.41) is 18.3. The molecule has 3 rings (SSSR count). The van der Waals surface area contributed by atoms with E-state index in [4.69, 9.17) is 38.2 Å². The molecule has 1 unspecified atom stereocenters. The fraction of sp³-hybridized carbons (Fsp3) is 0.118. The van der Waals surface area contributed by atoms with E-state index in [9.17, 15) is 18.0 Å². The standard InChI is InChI=1S/C11H5BrClF3O3.C6H4BrClO/c12-7-4-2-1-3-5(13)8(4)19-9(11(14,15)16)6(7)10(17)18;7-4-2-1-3-5(8)6(4)9/h1-3,9H,(H,17,18);1-3,9H. The Morgan fingerprint density at radius 1 is 1.07 bits per heavy atom. The normalized spacial score (nSPS) is 15.9. The molecule has 1 heterocycles. The van der Waals surface area contributed by atoms with Crippen molar-refractivity contribution in [2.75, 3.05) is 0 Å². The molecule has 0 aliphatic carbocycles. The Labute approximate surface area is 183 Å². The number of fused-ring (bicyclic) bond motifs is 1. The van der Waals surface area contributed by atoms with Gasteiger partial charge in [-0.05, 0) is 56.1 Å². The lowest BCUT2D eigenvalue weighted by Gasteiger charge is -2.29. The summed E-state index contributed by atoms with van der Waals surface area (Å²) < 4.78 is 43.8. The molecular weight excluding hydrogens is 556 g/mol. The number of carboxylic acids is 1. The quantitative estimate of drug-likeness (QED) is 0.406. The van der Waals surface area contributed by atoms with Crippen LogP contribution in [0.4, 0.5) is 13.2 Å². The van der Waals surface area contributed by atoms with Gasteiger partial charge in [-0.2, -0.15) is 13.2 Å². The molecule has 0 fully saturated rings. The number of halogens is 7. The highest BCUT2D eigenvalue weighted by molar-refractivity contribution is 9.15. The van der Waals surface area contributed by atoms with Crippen LogP contribution in [0.5, 0.6) is 11.5 Å². The van der Waals surface area contributed by atoms with Crippen molar-refractivity contribution in [3.05, 3.63) is 62.1 Å². The van der Waals surface area contributed by atoms with Crippen LogP contribution in [0.2, 0.25) is 10.0 Å². The summed E-state index contributed by atoms with van der Waals surface area (Å²) in [6.45, 7) is 0. The van der Waals surface area contributed by atoms with Crippen LogP contribution in [0.15, 0.2) is 46.4 Å². The number of aliphatic carboxylic acids is 1. The van der Waals surface area contributed by atoms with Crippen LogP contribution in [0.25, 0.3) is 4.48 Å². The molecule has 150 valence electrons. The SMILES string of the molecule is O=C(O)C1=C(Br)c2cccc(Cl)c2OC1C(F)(F)F.Oc1c(Cl)cccc1Br. The number of benzene rings is 2. The van der Waals surface area contributed by atoms with E-state index in [1.807, 2.05) is 0 Å². The number of carbonyl (C=O) groups is 1. The number of phenols is 1. The largest absolute Gasteiger partial charge is 0.505 e. The summed E-state index contributed by atoms with van der Waals surface area (Å²) in [5.41, 5.74) is -0.729. The van der Waals surface area contributed by atoms with E-state index in [0.29, 0.717) is 9.50 Å². The zero-order valence-corrected chi connectivity index (χ0v) is 18.1. The zero-order valence-electron chi connectivity index (χ0n) is 13.4. The van der Waals surface area contributed by atoms with Crippen molar-refractivity contribution in [3.8, 4) is 11.5 Å². The predicted molar refractivity (Wildman–Crippen MR) is 106 cm³/mol. The highest BCUT2D eigenvalue weighted by Gasteiger charge is 2.50. The topological polar surface area (TPSA) is 66.8 Å². The third kappa shape index (κ3) is 4.94. The third-order valence-corrected chi connectivity index (χ3v) is 5.50. The lowest BCUT2D eigenvalue weighted by molar-refractivity contribution is -0.187. The predicted octanol–water partition coefficient (Wildman–Crippen LogP) is 6.66. The first-order valence-electron chi connectivity index (χ1n) is 7.23. The molecule has 4 nitrogen and oxygen atoms in total. The van der Waals surface area contributed by atoms with Crippen molar-refractivity contribution in [2.24, 2.45) is 0 Å². The highest BCUT2D eigenvalue weighted by atomic mass is 79.9. The molecule has 0 bridgehead atoms. The zero-order chi connectivity index (χ0) is 21.2. The molecule has 28 heavy (non-hydrogen) atoms. The number of aromatic hydroxyl groups is 1. The van der Waals surface area contributed by atoms with Crippen molar-refractivity contribution in [1.29, 1.82) is 0 Å². The van der Waals surface area contributed by atoms with E-state index >= 15 is 0 Å². The molecule has 0 amide bonds. The van der Waals surface area contributed by atoms with Gasteiger partial charge in [0.15, 0.2) is 0 Å². The molecule has 2 N–H and O–H groups in total. The smallest absolute Gasteiger partial charge is 0.430 e. The molecule has 2 aromatic carbocycles. The lowest BCUT2D eigenvalue weighted by Crippen LogP contribution is -2.41. The molecule has 1 aliphatic rings. The van der Waals surface area contributed by atoms with Gasteiger partial charge in [0.2, 0.25) is 6.10 Å². The van der Waals surface area contributed by atoms with E-state index in [-0.39, 0.29) is 26.6 Å². The van der Waals surface area contributed by atoms with Crippen LogP contribution in [-0.2, 0) is 4.79 Å². The van der Waals surface area contributed by atoms with Crippen LogP contribution in [0.3, 0.4) is 0 Å². The Bertz CT molecular complexity index is 928. The van der Waals surface area contributed by atoms with Crippen LogP contribution in [0, 0.1) is 0 Å². The van der Waals surface area contributed by atoms with Gasteiger partial charge >= 0.3 is 12.1 Å². The first-order valence-corrected chi connectivity index (χ1v) is 9.57. The van der Waals surface area contributed by atoms with Crippen LogP contribution < -0.4 is 4.74 Å². The molecule has 1 aliphatic heterocycles. The number of para-hydroxylation sites is 2. The number of hydrogen-bond acceptors (Lipinski definition) is 3. The first-order chi connectivity index (χ1) is 12.9. The molecular formula is C17H9Br2Cl2F3O4. The second kappa shape index (κ2) is 8.94. The van der Waals surface area contributed by atoms with Gasteiger partial charge in [-0.1, -0.05) is 35.3 Å². The number of alkyl halides is 3. The van der Waals surface area contributed by atoms with E-state index in [0.717, 1.165) is 0 Å². The van der Waals surface area contributed by atoms with E-state index in [1.165, 1.54) is 18.2 Å². The Morgan fingerprint density at radius 3 is 2.14 bits per heavy atom. The average molecular weight is 565 g/mol. The van der Waals surface area contributed by atoms with Crippen LogP contribution in [-0.4, -0.2) is 28.5 Å². The number of carboxylic acid groups (broad SMARTS) is 1. The number of ether oxygens (including phenoxy) is 1. The van der Waals surface area contributed by atoms with Crippen molar-refractivity contribution < 1.29 is 32.9 Å². The van der Waals surface area contributed by atoms with Crippen LogP contribution >= 0.6 is 55.1 Å². The van der Waals surface area contributed by atoms with Gasteiger partial charge < -0.3 is 14.9 Å². The summed E-state index contributed by atoms with van der Waals surface area (Å²) in [7, 11) is 0. The third-order valence-electron chi connectivity index (χ3n) is 3.40. The van der Waals surface area contributed by atoms with E-state index < -0.39 is 23.8 Å². The maximum Gasteiger partial charge on any atom is 0.430 e. The molecule has 1 atom stereocenters. The van der Waals surface area contributed by atoms with Gasteiger partial charge in [-0.3, -0.25) is 0 Å². The second-order valence-corrected chi connectivity index (χ2v) is 7.72. The fourth-order valence-electron chi connectivity index (χ4n) is 2.16. The van der Waals surface area contributed by atoms with Crippen molar-refractivity contribution in [2.45, 2.75) is 12.3 Å². The molecule has 0 spiro atoms. The van der Waals surface area contributed by atoms with Crippen molar-refractivity contribution in [3.63, 3.8) is 0 Å². The number of rotatable bonds is 1. The summed E-state index contributed by atoms with van der Waals surface area (Å²) in [6, 6.07) is 9.37. The number of phenolic OH excluding ortho intramolecular Hbond substituents is 1. The summed E-state index contributed by atoms with van der Waals surface area (Å²) in [5.74, 6) is -1.80. The molecule has 2 aromatic rings. The van der Waals surface area contributed by atoms with Gasteiger partial charge in [0, 0.05) is 10.0 Å². The minimum absolute atomic E-state index is 0.0202. The van der Waals surface area contributed by atoms with Crippen LogP contribution in [0.1, 0.15) is 5.56 Å². The maximum atomic E-state index is 12.9. The van der Waals surface area contributed by atoms with Gasteiger partial charge in [-0.15, -0.1) is 0 Å². The molecule has 0 saturated heterocycles. The maximum absolute atomic E-state index is 12.9. The summed E-state index contributed by atoms with van der Waals surface area (Å²) >= 11 is 17.3. The number of hydrogen-bond donors (Lipinski definition) is 2. The molecule has 0 aromatic heterocycles. The summed E-state index contributed by atoms with van der Waals surface area (Å²) in [6.07, 6.45) is -7.42. The molecule has 0 saturated carbocycles. The van der Waals surface area contributed by atoms with Gasteiger partial charge in [0.1, 0.15) is 17.1 Å². The second-order valence-electron chi connectivity index (χ2n) is 5.26. The van der Waals surface area contributed by atoms with E-state index in [2.05, 4.69) is 31.9 Å². The van der Waals surface area contributed by atoms with Gasteiger partial charge in [0.05, 0.1) is 14.5 Å². The van der Waals surface area contributed by atoms with Crippen molar-refractivity contribution >= 4 is 65.5 Å². The minimum Gasteiger partial charge on any atom is -0.505 e. The Morgan fingerprint density at radius 2 is 1.64 bits per heavy atom. The Kier molecular flexibility index (Phi) is 7.30. The lowest BCUT2D eigenvalue weighted by atomic mass is 10.0. The Balaban J connectivity index is 0.000000261. The molecule has 0 radical (unpaired) electrons. The Hall–Kier alpha value is -1.42. The molecule has 11 heteroatoms. The fourth-order valence-corrected chi connectivity index (χ4v) is 3.73. The first kappa shape index (κ1) is 22.9. The van der Waals surface area contributed by atoms with Gasteiger partial charge in [0.25, 0.3) is 0 Å². The van der Waals surface area contributed by atoms with E-state index in [1.54, 1.807) is 18.2 Å². The monoisotopic (exact) mass is 562 g/mol. The van der Waals surface area contributed by atoms with Crippen molar-refractivity contribution in [1.82, 2.24) is 0 Å². The highest BCUT2D eigenvalue weighted by Crippen LogP contribution is 2.46. The minimum atomic E-state index is -4.86. The van der Waals surface area contributed by atoms with Gasteiger partial charge in [-0.25, -0.2) is 4.79 Å². The average Bonchev–Trinajstić information content (AvgIpc) is 2.59. The summed E-state index contributed by atoms with van der Waals surface area (Å²) in [4.78, 5) is 11.0.